The van der Waals surface area contributed by atoms with Crippen molar-refractivity contribution in [3.05, 3.63) is 433 Å². The van der Waals surface area contributed by atoms with Gasteiger partial charge in [-0.1, -0.05) is 219 Å². The van der Waals surface area contributed by atoms with Gasteiger partial charge in [0.25, 0.3) is 0 Å². The molecule has 6 nitrogen and oxygen atoms in total. The molecule has 603 valence electrons. The summed E-state index contributed by atoms with van der Waals surface area (Å²) in [5.74, 6) is 0.570. The van der Waals surface area contributed by atoms with Gasteiger partial charge in [-0.15, -0.1) is 149 Å². The molecule has 0 amide bonds. The van der Waals surface area contributed by atoms with Gasteiger partial charge in [0, 0.05) is 56.7 Å². The molecule has 0 aliphatic heterocycles. The number of pyridine rings is 4. The Bertz CT molecular complexity index is 7040. The van der Waals surface area contributed by atoms with Gasteiger partial charge in [0.2, 0.25) is 0 Å². The number of aryl methyl sites for hydroxylation is 9. The van der Waals surface area contributed by atoms with Crippen LogP contribution in [0.1, 0.15) is 50.1 Å². The third-order valence-electron chi connectivity index (χ3n) is 24.2. The van der Waals surface area contributed by atoms with Crippen molar-refractivity contribution in [2.24, 2.45) is 0 Å². The molecular weight excluding hydrogens is 1870 g/mol. The molecule has 125 heavy (non-hydrogen) atoms. The van der Waals surface area contributed by atoms with Crippen LogP contribution < -0.4 is 0 Å². The van der Waals surface area contributed by atoms with E-state index in [0.717, 1.165) is 201 Å². The monoisotopic (exact) mass is 1960 g/mol. The Morgan fingerprint density at radius 2 is 0.432 bits per heavy atom. The number of rotatable bonds is 18. The fourth-order valence-electron chi connectivity index (χ4n) is 16.9. The van der Waals surface area contributed by atoms with Gasteiger partial charge >= 0.3 is 20.1 Å². The first kappa shape index (κ1) is 83.3. The van der Waals surface area contributed by atoms with Gasteiger partial charge in [0.05, 0.1) is 11.5 Å². The van der Waals surface area contributed by atoms with E-state index in [4.69, 9.17) is 15.0 Å². The second-order valence-electron chi connectivity index (χ2n) is 32.2. The van der Waals surface area contributed by atoms with E-state index in [0.29, 0.717) is 5.82 Å². The molecule has 19 aromatic rings. The van der Waals surface area contributed by atoms with Crippen molar-refractivity contribution in [2.45, 2.75) is 62.3 Å². The molecule has 0 aliphatic rings. The van der Waals surface area contributed by atoms with Crippen LogP contribution in [-0.2, 0) is 40.2 Å². The normalized spacial score (nSPS) is 11.1. The van der Waals surface area contributed by atoms with Gasteiger partial charge in [0.15, 0.2) is 0 Å². The van der Waals surface area contributed by atoms with Gasteiger partial charge in [-0.05, 0) is 280 Å². The third kappa shape index (κ3) is 17.2. The molecule has 19 rings (SSSR count). The molecular formula is C117H85Ir2N6-2. The van der Waals surface area contributed by atoms with Crippen LogP contribution in [0.4, 0.5) is 0 Å². The van der Waals surface area contributed by atoms with E-state index in [1.165, 1.54) is 44.5 Å². The number of nitrogens with zero attached hydrogens (tertiary/aromatic N) is 6. The zero-order chi connectivity index (χ0) is 83.8. The topological polar surface area (TPSA) is 77.3 Å². The maximum atomic E-state index is 5.25. The van der Waals surface area contributed by atoms with Crippen molar-refractivity contribution in [3.63, 3.8) is 0 Å². The van der Waals surface area contributed by atoms with Gasteiger partial charge in [-0.3, -0.25) is 9.97 Å². The Morgan fingerprint density at radius 1 is 0.176 bits per heavy atom. The molecule has 0 bridgehead atoms. The Hall–Kier alpha value is -13.9. The summed E-state index contributed by atoms with van der Waals surface area (Å²) in [7, 11) is 0. The van der Waals surface area contributed by atoms with Crippen LogP contribution >= 0.6 is 0 Å². The quantitative estimate of drug-likeness (QED) is 0.0797. The molecule has 0 atom stereocenters. The minimum absolute atomic E-state index is 0. The Labute approximate surface area is 760 Å². The van der Waals surface area contributed by atoms with Gasteiger partial charge in [0.1, 0.15) is 0 Å². The molecule has 5 aromatic heterocycles. The number of hydrogen-bond acceptors (Lipinski definition) is 6. The van der Waals surface area contributed by atoms with Crippen LogP contribution in [0.3, 0.4) is 0 Å². The third-order valence-corrected chi connectivity index (χ3v) is 24.2. The van der Waals surface area contributed by atoms with Crippen molar-refractivity contribution >= 4 is 0 Å². The minimum Gasteiger partial charge on any atom is -0.327 e. The van der Waals surface area contributed by atoms with Crippen LogP contribution in [0.2, 0.25) is 0 Å². The Morgan fingerprint density at radius 3 is 0.728 bits per heavy atom. The molecule has 0 unspecified atom stereocenters. The Kier molecular flexibility index (Phi) is 24.2. The van der Waals surface area contributed by atoms with E-state index in [1.807, 2.05) is 97.7 Å². The largest absolute Gasteiger partial charge is 3.00 e. The van der Waals surface area contributed by atoms with E-state index in [1.54, 1.807) is 0 Å². The van der Waals surface area contributed by atoms with E-state index in [9.17, 15) is 0 Å². The average Bonchev–Trinajstić information content (AvgIpc) is 0.754. The van der Waals surface area contributed by atoms with Gasteiger partial charge in [-0.25, -0.2) is 0 Å². The summed E-state index contributed by atoms with van der Waals surface area (Å²) in [4.78, 5) is 28.8. The van der Waals surface area contributed by atoms with Crippen molar-refractivity contribution in [1.29, 1.82) is 0 Å². The Balaban J connectivity index is 0.00000552. The predicted molar refractivity (Wildman–Crippen MR) is 508 cm³/mol. The molecule has 0 spiro atoms. The first-order valence-corrected chi connectivity index (χ1v) is 41.8. The number of benzene rings is 14. The minimum atomic E-state index is 0. The van der Waals surface area contributed by atoms with Crippen molar-refractivity contribution < 1.29 is 40.2 Å². The summed E-state index contributed by atoms with van der Waals surface area (Å²) in [6, 6.07) is 134. The zero-order valence-corrected chi connectivity index (χ0v) is 75.6. The molecule has 5 heterocycles. The first-order valence-electron chi connectivity index (χ1n) is 41.8. The summed E-state index contributed by atoms with van der Waals surface area (Å²) in [5.41, 5.74) is 47.3. The summed E-state index contributed by atoms with van der Waals surface area (Å²) >= 11 is 0. The predicted octanol–water partition coefficient (Wildman–Crippen LogP) is 29.8. The van der Waals surface area contributed by atoms with Crippen LogP contribution in [-0.4, -0.2) is 29.9 Å². The second-order valence-corrected chi connectivity index (χ2v) is 32.2. The van der Waals surface area contributed by atoms with E-state index >= 15 is 0 Å². The van der Waals surface area contributed by atoms with Crippen LogP contribution in [0.5, 0.6) is 0 Å². The average molecular weight is 1960 g/mol. The summed E-state index contributed by atoms with van der Waals surface area (Å²) in [6.07, 6.45) is 9.19. The fourth-order valence-corrected chi connectivity index (χ4v) is 16.9. The van der Waals surface area contributed by atoms with Crippen LogP contribution in [0.25, 0.3) is 201 Å². The van der Waals surface area contributed by atoms with E-state index < -0.39 is 0 Å². The SMILES string of the molecule is Cc1cc(-c2c[c-]c(-c3ccccn3)cc2)c(-c2cc(-c3ccccc3-c3c[c-]c(-c4ccnc(-c5[c-]cc(-c6ccccc6-c6cc(-c7cc(C)c(C)cc7-c7c[c-]c(-c8ccccn8)cc7)cc(-c7cc(C)c(C)cc7-c7ccc(-c8ccccn8)c(C)c7)c6)cc5)n4)cc3)cc(-c3cc(C)c(C)cc3-c3c[c-]c(-c4ccccn4)cc3)c2)cc1C.[Ir+3].[Ir]. The maximum absolute atomic E-state index is 5.25. The van der Waals surface area contributed by atoms with E-state index in [-0.39, 0.29) is 40.2 Å². The second kappa shape index (κ2) is 36.2. The summed E-state index contributed by atoms with van der Waals surface area (Å²) in [5, 5.41) is 0. The molecule has 0 saturated heterocycles. The van der Waals surface area contributed by atoms with Crippen LogP contribution in [0, 0.1) is 92.6 Å². The zero-order valence-electron chi connectivity index (χ0n) is 70.8. The molecule has 14 aromatic carbocycles. The van der Waals surface area contributed by atoms with Crippen molar-refractivity contribution in [2.75, 3.05) is 0 Å². The summed E-state index contributed by atoms with van der Waals surface area (Å²) < 4.78 is 0. The van der Waals surface area contributed by atoms with Crippen LogP contribution in [0.15, 0.2) is 353 Å². The maximum Gasteiger partial charge on any atom is 3.00 e. The molecule has 0 saturated carbocycles. The number of aromatic nitrogens is 6. The van der Waals surface area contributed by atoms with Crippen molar-refractivity contribution in [1.82, 2.24) is 29.9 Å². The smallest absolute Gasteiger partial charge is 0.327 e. The molecule has 8 heteroatoms. The van der Waals surface area contributed by atoms with Crippen molar-refractivity contribution in [3.8, 4) is 201 Å². The first-order chi connectivity index (χ1) is 60.1. The molecule has 0 fully saturated rings. The fraction of sp³-hybridized carbons (Fsp3) is 0.0769. The van der Waals surface area contributed by atoms with E-state index in [2.05, 4.69) is 362 Å². The standard InChI is InChI=1S/C117H85N6.2Ir/c1-73-59-104(84-32-40-87(41-33-84)112-26-14-18-53-118-112)108(63-77(73)5)95-67-93(68-96(71-95)109-64-78(6)74(2)60-105(109)85-34-42-88(43-35-85)113-27-15-19-54-119-113)102-24-12-10-22-100(102)82-30-46-90(47-31-82)115-52-57-122-117(123-115)91-48-38-83(39-49-91)101-23-11-13-25-103(101)94-69-97(110-65-79(7)75(3)61-106(110)86-36-44-89(45-37-86)114-28-16-20-55-120-114)72-98(70-94)111-66-80(8)76(4)62-107(111)92-50-51-99(81(9)58-92)116-29-17-21-56-121-116;;/h10-40,42,44,46,48,50-72H,1-9H3;;/q-5;;+3. The van der Waals surface area contributed by atoms with Gasteiger partial charge < -0.3 is 19.9 Å². The number of hydrogen-bond donors (Lipinski definition) is 0. The molecule has 1 radical (unpaired) electrons. The molecule has 0 aliphatic carbocycles. The van der Waals surface area contributed by atoms with Gasteiger partial charge in [-0.2, -0.15) is 0 Å². The molecule has 0 N–H and O–H groups in total. The summed E-state index contributed by atoms with van der Waals surface area (Å²) in [6.45, 7) is 19.9.